The van der Waals surface area contributed by atoms with Gasteiger partial charge < -0.3 is 20.1 Å². The van der Waals surface area contributed by atoms with Gasteiger partial charge in [0.2, 0.25) is 5.91 Å². The molecule has 3 rings (SSSR count). The number of carbonyl (C=O) groups excluding carboxylic acids is 2. The first kappa shape index (κ1) is 23.3. The molecule has 2 N–H and O–H groups in total. The molecular formula is C24H32N2O4S. The number of nitrogens with zero attached hydrogens (tertiary/aromatic N) is 1. The fourth-order valence-electron chi connectivity index (χ4n) is 4.01. The Morgan fingerprint density at radius 1 is 1.26 bits per heavy atom. The van der Waals surface area contributed by atoms with Crippen molar-refractivity contribution in [2.45, 2.75) is 58.2 Å². The van der Waals surface area contributed by atoms with E-state index < -0.39 is 17.7 Å². The summed E-state index contributed by atoms with van der Waals surface area (Å²) in [5.41, 5.74) is -0.774. The zero-order valence-electron chi connectivity index (χ0n) is 18.8. The highest BCUT2D eigenvalue weighted by molar-refractivity contribution is 7.10. The van der Waals surface area contributed by atoms with E-state index >= 15 is 0 Å². The highest BCUT2D eigenvalue weighted by Crippen LogP contribution is 2.40. The van der Waals surface area contributed by atoms with Gasteiger partial charge in [-0.05, 0) is 54.5 Å². The minimum absolute atomic E-state index is 0.127. The SMILES string of the molecule is COc1ccc(C(=O)N2CCC(C)(O)C(NC(=O)CC(C)(C)C)C2c2cccs2)cc1. The Bertz CT molecular complexity index is 901. The smallest absolute Gasteiger partial charge is 0.254 e. The molecule has 3 atom stereocenters. The number of rotatable bonds is 5. The maximum Gasteiger partial charge on any atom is 0.254 e. The zero-order valence-corrected chi connectivity index (χ0v) is 19.7. The Morgan fingerprint density at radius 3 is 2.48 bits per heavy atom. The van der Waals surface area contributed by atoms with Crippen LogP contribution in [0, 0.1) is 5.41 Å². The van der Waals surface area contributed by atoms with E-state index in [1.54, 1.807) is 43.2 Å². The fraction of sp³-hybridized carbons (Fsp3) is 0.500. The second kappa shape index (κ2) is 9.01. The molecule has 0 bridgehead atoms. The molecule has 31 heavy (non-hydrogen) atoms. The van der Waals surface area contributed by atoms with Crippen LogP contribution in [-0.2, 0) is 4.79 Å². The number of thiophene rings is 1. The maximum atomic E-state index is 13.5. The topological polar surface area (TPSA) is 78.9 Å². The van der Waals surface area contributed by atoms with Crippen molar-refractivity contribution in [3.8, 4) is 5.75 Å². The average molecular weight is 445 g/mol. The third kappa shape index (κ3) is 5.46. The molecule has 2 aromatic rings. The van der Waals surface area contributed by atoms with Crippen molar-refractivity contribution in [3.63, 3.8) is 0 Å². The molecule has 168 valence electrons. The van der Waals surface area contributed by atoms with E-state index in [2.05, 4.69) is 5.32 Å². The number of piperidine rings is 1. The van der Waals surface area contributed by atoms with Gasteiger partial charge in [-0.15, -0.1) is 11.3 Å². The molecule has 2 heterocycles. The molecule has 2 amide bonds. The predicted molar refractivity (Wildman–Crippen MR) is 122 cm³/mol. The first-order valence-electron chi connectivity index (χ1n) is 10.5. The first-order chi connectivity index (χ1) is 14.5. The molecule has 3 unspecified atom stereocenters. The van der Waals surface area contributed by atoms with Crippen LogP contribution in [0.15, 0.2) is 41.8 Å². The summed E-state index contributed by atoms with van der Waals surface area (Å²) >= 11 is 1.52. The molecule has 0 spiro atoms. The van der Waals surface area contributed by atoms with Crippen molar-refractivity contribution in [3.05, 3.63) is 52.2 Å². The molecule has 0 saturated carbocycles. The third-order valence-electron chi connectivity index (χ3n) is 5.62. The molecule has 1 aliphatic heterocycles. The van der Waals surface area contributed by atoms with Gasteiger partial charge in [-0.2, -0.15) is 0 Å². The highest BCUT2D eigenvalue weighted by Gasteiger charge is 2.48. The number of amides is 2. The molecule has 0 aliphatic carbocycles. The van der Waals surface area contributed by atoms with Crippen LogP contribution in [-0.4, -0.2) is 47.1 Å². The first-order valence-corrected chi connectivity index (χ1v) is 11.4. The second-order valence-electron chi connectivity index (χ2n) is 9.58. The van der Waals surface area contributed by atoms with Gasteiger partial charge in [0, 0.05) is 23.4 Å². The van der Waals surface area contributed by atoms with E-state index in [9.17, 15) is 14.7 Å². The molecule has 6 nitrogen and oxygen atoms in total. The van der Waals surface area contributed by atoms with E-state index in [1.807, 2.05) is 38.3 Å². The summed E-state index contributed by atoms with van der Waals surface area (Å²) in [6, 6.07) is 9.81. The Balaban J connectivity index is 1.95. The lowest BCUT2D eigenvalue weighted by Gasteiger charge is -2.48. The summed E-state index contributed by atoms with van der Waals surface area (Å²) in [4.78, 5) is 29.0. The summed E-state index contributed by atoms with van der Waals surface area (Å²) in [6.45, 7) is 8.14. The van der Waals surface area contributed by atoms with Gasteiger partial charge in [-0.1, -0.05) is 26.8 Å². The summed E-state index contributed by atoms with van der Waals surface area (Å²) in [5.74, 6) is 0.421. The molecule has 1 aliphatic rings. The van der Waals surface area contributed by atoms with E-state index in [0.717, 1.165) is 4.88 Å². The maximum absolute atomic E-state index is 13.5. The molecule has 1 fully saturated rings. The minimum Gasteiger partial charge on any atom is -0.497 e. The van der Waals surface area contributed by atoms with Crippen molar-refractivity contribution < 1.29 is 19.4 Å². The van der Waals surface area contributed by atoms with Gasteiger partial charge in [-0.25, -0.2) is 0 Å². The summed E-state index contributed by atoms with van der Waals surface area (Å²) in [5, 5.41) is 16.2. The number of aliphatic hydroxyl groups is 1. The van der Waals surface area contributed by atoms with Crippen LogP contribution >= 0.6 is 11.3 Å². The Labute approximate surface area is 188 Å². The number of benzene rings is 1. The van der Waals surface area contributed by atoms with Crippen LogP contribution in [0.25, 0.3) is 0 Å². The molecule has 1 aromatic heterocycles. The van der Waals surface area contributed by atoms with Crippen molar-refractivity contribution in [2.75, 3.05) is 13.7 Å². The van der Waals surface area contributed by atoms with Gasteiger partial charge >= 0.3 is 0 Å². The van der Waals surface area contributed by atoms with Gasteiger partial charge in [0.05, 0.1) is 24.8 Å². The Kier molecular flexibility index (Phi) is 6.76. The van der Waals surface area contributed by atoms with E-state index in [4.69, 9.17) is 4.74 Å². The molecule has 7 heteroatoms. The average Bonchev–Trinajstić information content (AvgIpc) is 3.22. The minimum atomic E-state index is -1.14. The Morgan fingerprint density at radius 2 is 1.94 bits per heavy atom. The van der Waals surface area contributed by atoms with Crippen molar-refractivity contribution in [1.82, 2.24) is 10.2 Å². The van der Waals surface area contributed by atoms with E-state index in [-0.39, 0.29) is 17.2 Å². The quantitative estimate of drug-likeness (QED) is 0.730. The third-order valence-corrected chi connectivity index (χ3v) is 6.56. The number of carbonyl (C=O) groups is 2. The van der Waals surface area contributed by atoms with Crippen LogP contribution in [0.3, 0.4) is 0 Å². The standard InChI is InChI=1S/C24H32N2O4S/c1-23(2,3)15-19(27)25-21-20(18-7-6-14-31-18)26(13-12-24(21,4)29)22(28)16-8-10-17(30-5)11-9-16/h6-11,14,20-21,29H,12-13,15H2,1-5H3,(H,25,27). The van der Waals surface area contributed by atoms with Crippen molar-refractivity contribution >= 4 is 23.2 Å². The lowest BCUT2D eigenvalue weighted by atomic mass is 9.81. The number of nitrogens with one attached hydrogen (secondary N) is 1. The van der Waals surface area contributed by atoms with Crippen molar-refractivity contribution in [1.29, 1.82) is 0 Å². The van der Waals surface area contributed by atoms with Gasteiger partial charge in [0.25, 0.3) is 5.91 Å². The zero-order chi connectivity index (χ0) is 22.8. The van der Waals surface area contributed by atoms with Crippen molar-refractivity contribution in [2.24, 2.45) is 5.41 Å². The van der Waals surface area contributed by atoms with Gasteiger partial charge in [0.15, 0.2) is 0 Å². The molecule has 1 aromatic carbocycles. The molecular weight excluding hydrogens is 412 g/mol. The Hall–Kier alpha value is -2.38. The number of likely N-dealkylation sites (tertiary alicyclic amines) is 1. The number of ether oxygens (including phenoxy) is 1. The monoisotopic (exact) mass is 444 g/mol. The predicted octanol–water partition coefficient (Wildman–Crippen LogP) is 4.02. The van der Waals surface area contributed by atoms with Gasteiger partial charge in [0.1, 0.15) is 5.75 Å². The lowest BCUT2D eigenvalue weighted by molar-refractivity contribution is -0.129. The van der Waals surface area contributed by atoms with E-state index in [1.165, 1.54) is 11.3 Å². The summed E-state index contributed by atoms with van der Waals surface area (Å²) in [7, 11) is 1.58. The lowest BCUT2D eigenvalue weighted by Crippen LogP contribution is -2.63. The second-order valence-corrected chi connectivity index (χ2v) is 10.6. The molecule has 0 radical (unpaired) electrons. The summed E-state index contributed by atoms with van der Waals surface area (Å²) in [6.07, 6.45) is 0.709. The van der Waals surface area contributed by atoms with Gasteiger partial charge in [-0.3, -0.25) is 9.59 Å². The van der Waals surface area contributed by atoms with Crippen LogP contribution in [0.1, 0.15) is 61.8 Å². The summed E-state index contributed by atoms with van der Waals surface area (Å²) < 4.78 is 5.20. The fourth-order valence-corrected chi connectivity index (χ4v) is 4.88. The number of hydrogen-bond donors (Lipinski definition) is 2. The van der Waals surface area contributed by atoms with Crippen LogP contribution in [0.5, 0.6) is 5.75 Å². The van der Waals surface area contributed by atoms with E-state index in [0.29, 0.717) is 30.7 Å². The van der Waals surface area contributed by atoms with Crippen LogP contribution < -0.4 is 10.1 Å². The number of methoxy groups -OCH3 is 1. The normalized spacial score (nSPS) is 24.0. The molecule has 1 saturated heterocycles. The van der Waals surface area contributed by atoms with Crippen LogP contribution in [0.2, 0.25) is 0 Å². The largest absolute Gasteiger partial charge is 0.497 e. The van der Waals surface area contributed by atoms with Crippen LogP contribution in [0.4, 0.5) is 0 Å². The number of hydrogen-bond acceptors (Lipinski definition) is 5. The highest BCUT2D eigenvalue weighted by atomic mass is 32.1.